The van der Waals surface area contributed by atoms with E-state index in [1.807, 2.05) is 0 Å². The van der Waals surface area contributed by atoms with Crippen molar-refractivity contribution in [2.45, 2.75) is 25.7 Å². The maximum atomic E-state index is 11.7. The van der Waals surface area contributed by atoms with Gasteiger partial charge in [0.25, 0.3) is 0 Å². The van der Waals surface area contributed by atoms with Crippen LogP contribution in [0.25, 0.3) is 0 Å². The van der Waals surface area contributed by atoms with Crippen molar-refractivity contribution in [2.75, 3.05) is 26.8 Å². The molecule has 16 heavy (non-hydrogen) atoms. The summed E-state index contributed by atoms with van der Waals surface area (Å²) in [6.45, 7) is 1.63. The van der Waals surface area contributed by atoms with Gasteiger partial charge in [-0.15, -0.1) is 0 Å². The summed E-state index contributed by atoms with van der Waals surface area (Å²) in [6.07, 6.45) is 2.76. The Labute approximate surface area is 95.4 Å². The van der Waals surface area contributed by atoms with Crippen LogP contribution in [0, 0.1) is 5.92 Å². The smallest absolute Gasteiger partial charge is 0.308 e. The van der Waals surface area contributed by atoms with E-state index in [1.54, 1.807) is 12.0 Å². The van der Waals surface area contributed by atoms with E-state index in [2.05, 4.69) is 0 Å². The second-order valence-corrected chi connectivity index (χ2v) is 4.11. The second-order valence-electron chi connectivity index (χ2n) is 4.11. The zero-order valence-corrected chi connectivity index (χ0v) is 9.65. The zero-order valence-electron chi connectivity index (χ0n) is 9.65. The first kappa shape index (κ1) is 13.0. The number of unbranched alkanes of at least 4 members (excludes halogenated alkanes) is 1. The number of hydrogen-bond acceptors (Lipinski definition) is 3. The number of carboxylic acid groups (broad SMARTS) is 1. The average Bonchev–Trinajstić information content (AvgIpc) is 2.73. The first-order chi connectivity index (χ1) is 7.65. The van der Waals surface area contributed by atoms with Gasteiger partial charge in [-0.1, -0.05) is 0 Å². The van der Waals surface area contributed by atoms with Crippen molar-refractivity contribution in [3.05, 3.63) is 0 Å². The molecule has 1 heterocycles. The fourth-order valence-electron chi connectivity index (χ4n) is 1.87. The molecule has 92 valence electrons. The molecule has 0 aromatic carbocycles. The van der Waals surface area contributed by atoms with Gasteiger partial charge >= 0.3 is 5.97 Å². The van der Waals surface area contributed by atoms with Crippen molar-refractivity contribution >= 4 is 11.9 Å². The molecule has 5 heteroatoms. The van der Waals surface area contributed by atoms with Gasteiger partial charge in [-0.25, -0.2) is 0 Å². The van der Waals surface area contributed by atoms with Gasteiger partial charge in [-0.2, -0.15) is 0 Å². The predicted molar refractivity (Wildman–Crippen MR) is 58.0 cm³/mol. The molecular formula is C11H19NO4. The van der Waals surface area contributed by atoms with E-state index < -0.39 is 5.97 Å². The minimum atomic E-state index is -0.797. The number of hydrogen-bond donors (Lipinski definition) is 1. The van der Waals surface area contributed by atoms with Crippen molar-refractivity contribution in [2.24, 2.45) is 5.92 Å². The maximum Gasteiger partial charge on any atom is 0.308 e. The maximum absolute atomic E-state index is 11.7. The SMILES string of the molecule is COCCCCC(=O)N1CCC(C(=O)O)C1. The minimum Gasteiger partial charge on any atom is -0.481 e. The van der Waals surface area contributed by atoms with Crippen LogP contribution in [0.3, 0.4) is 0 Å². The Morgan fingerprint density at radius 2 is 2.19 bits per heavy atom. The van der Waals surface area contributed by atoms with Crippen molar-refractivity contribution in [1.29, 1.82) is 0 Å². The lowest BCUT2D eigenvalue weighted by molar-refractivity contribution is -0.141. The van der Waals surface area contributed by atoms with Crippen LogP contribution in [-0.4, -0.2) is 48.7 Å². The van der Waals surface area contributed by atoms with E-state index in [1.165, 1.54) is 0 Å². The summed E-state index contributed by atoms with van der Waals surface area (Å²) in [6, 6.07) is 0. The number of rotatable bonds is 6. The van der Waals surface area contributed by atoms with Gasteiger partial charge < -0.3 is 14.7 Å². The monoisotopic (exact) mass is 229 g/mol. The Bertz CT molecular complexity index is 254. The third kappa shape index (κ3) is 3.81. The van der Waals surface area contributed by atoms with E-state index in [-0.39, 0.29) is 11.8 Å². The molecule has 1 fully saturated rings. The highest BCUT2D eigenvalue weighted by Crippen LogP contribution is 2.17. The van der Waals surface area contributed by atoms with Gasteiger partial charge in [-0.05, 0) is 19.3 Å². The highest BCUT2D eigenvalue weighted by Gasteiger charge is 2.30. The van der Waals surface area contributed by atoms with Crippen LogP contribution in [0.1, 0.15) is 25.7 Å². The van der Waals surface area contributed by atoms with Gasteiger partial charge in [0.15, 0.2) is 0 Å². The largest absolute Gasteiger partial charge is 0.481 e. The van der Waals surface area contributed by atoms with Crippen molar-refractivity contribution in [1.82, 2.24) is 4.90 Å². The second kappa shape index (κ2) is 6.48. The van der Waals surface area contributed by atoms with Crippen LogP contribution in [0.5, 0.6) is 0 Å². The molecular weight excluding hydrogens is 210 g/mol. The molecule has 5 nitrogen and oxygen atoms in total. The van der Waals surface area contributed by atoms with Crippen molar-refractivity contribution in [3.63, 3.8) is 0 Å². The molecule has 1 aliphatic rings. The molecule has 1 atom stereocenters. The lowest BCUT2D eigenvalue weighted by atomic mass is 10.1. The third-order valence-electron chi connectivity index (χ3n) is 2.88. The van der Waals surface area contributed by atoms with Crippen LogP contribution in [-0.2, 0) is 14.3 Å². The molecule has 1 N–H and O–H groups in total. The average molecular weight is 229 g/mol. The summed E-state index contributed by atoms with van der Waals surface area (Å²) in [4.78, 5) is 24.0. The summed E-state index contributed by atoms with van der Waals surface area (Å²) < 4.78 is 4.90. The Hall–Kier alpha value is -1.10. The van der Waals surface area contributed by atoms with Gasteiger partial charge in [0.05, 0.1) is 5.92 Å². The molecule has 0 spiro atoms. The summed E-state index contributed by atoms with van der Waals surface area (Å²) >= 11 is 0. The van der Waals surface area contributed by atoms with Gasteiger partial charge in [0, 0.05) is 33.2 Å². The molecule has 1 amide bonds. The number of carboxylic acids is 1. The minimum absolute atomic E-state index is 0.0693. The fraction of sp³-hybridized carbons (Fsp3) is 0.818. The van der Waals surface area contributed by atoms with Gasteiger partial charge in [0.2, 0.25) is 5.91 Å². The third-order valence-corrected chi connectivity index (χ3v) is 2.88. The molecule has 1 unspecified atom stereocenters. The number of carbonyl (C=O) groups is 2. The van der Waals surface area contributed by atoms with E-state index in [9.17, 15) is 9.59 Å². The molecule has 1 saturated heterocycles. The Morgan fingerprint density at radius 3 is 2.75 bits per heavy atom. The van der Waals surface area contributed by atoms with E-state index in [4.69, 9.17) is 9.84 Å². The van der Waals surface area contributed by atoms with E-state index in [0.29, 0.717) is 32.5 Å². The van der Waals surface area contributed by atoms with Crippen molar-refractivity contribution in [3.8, 4) is 0 Å². The first-order valence-corrected chi connectivity index (χ1v) is 5.64. The van der Waals surface area contributed by atoms with Crippen molar-refractivity contribution < 1.29 is 19.4 Å². The number of likely N-dealkylation sites (tertiary alicyclic amines) is 1. The molecule has 0 aromatic heterocycles. The fourth-order valence-corrected chi connectivity index (χ4v) is 1.87. The van der Waals surface area contributed by atoms with Crippen LogP contribution in [0.15, 0.2) is 0 Å². The molecule has 0 bridgehead atoms. The predicted octanol–water partition coefficient (Wildman–Crippen LogP) is 0.736. The molecule has 1 aliphatic heterocycles. The highest BCUT2D eigenvalue weighted by molar-refractivity contribution is 5.78. The molecule has 0 saturated carbocycles. The lowest BCUT2D eigenvalue weighted by Gasteiger charge is -2.15. The first-order valence-electron chi connectivity index (χ1n) is 5.64. The number of amides is 1. The summed E-state index contributed by atoms with van der Waals surface area (Å²) in [7, 11) is 1.64. The van der Waals surface area contributed by atoms with Gasteiger partial charge in [-0.3, -0.25) is 9.59 Å². The van der Waals surface area contributed by atoms with E-state index in [0.717, 1.165) is 12.8 Å². The van der Waals surface area contributed by atoms with E-state index >= 15 is 0 Å². The molecule has 0 aromatic rings. The van der Waals surface area contributed by atoms with Crippen LogP contribution in [0.2, 0.25) is 0 Å². The topological polar surface area (TPSA) is 66.8 Å². The van der Waals surface area contributed by atoms with Crippen LogP contribution < -0.4 is 0 Å². The Morgan fingerprint density at radius 1 is 1.44 bits per heavy atom. The number of ether oxygens (including phenoxy) is 1. The summed E-state index contributed by atoms with van der Waals surface area (Å²) in [5.74, 6) is -1.10. The zero-order chi connectivity index (χ0) is 12.0. The highest BCUT2D eigenvalue weighted by atomic mass is 16.5. The van der Waals surface area contributed by atoms with Crippen LogP contribution in [0.4, 0.5) is 0 Å². The lowest BCUT2D eigenvalue weighted by Crippen LogP contribution is -2.29. The molecule has 1 rings (SSSR count). The number of aliphatic carboxylic acids is 1. The molecule has 0 aliphatic carbocycles. The Kier molecular flexibility index (Phi) is 5.25. The summed E-state index contributed by atoms with van der Waals surface area (Å²) in [5.41, 5.74) is 0. The van der Waals surface area contributed by atoms with Gasteiger partial charge in [0.1, 0.15) is 0 Å². The quantitative estimate of drug-likeness (QED) is 0.682. The Balaban J connectivity index is 2.20. The van der Waals surface area contributed by atoms with Crippen LogP contribution >= 0.6 is 0 Å². The number of methoxy groups -OCH3 is 1. The summed E-state index contributed by atoms with van der Waals surface area (Å²) in [5, 5.41) is 8.80. The normalized spacial score (nSPS) is 20.1. The standard InChI is InChI=1S/C11H19NO4/c1-16-7-3-2-4-10(13)12-6-5-9(8-12)11(14)15/h9H,2-8H2,1H3,(H,14,15). The number of carbonyl (C=O) groups excluding carboxylic acids is 1. The number of nitrogens with zero attached hydrogens (tertiary/aromatic N) is 1. The molecule has 0 radical (unpaired) electrons.